The molecular weight excluding hydrogens is 350 g/mol. The van der Waals surface area contributed by atoms with Crippen LogP contribution in [0.4, 0.5) is 22.0 Å². The molecule has 2 rings (SSSR count). The fraction of sp³-hybridized carbons (Fsp3) is 0.143. The van der Waals surface area contributed by atoms with Crippen LogP contribution in [0.25, 0.3) is 11.1 Å². The van der Waals surface area contributed by atoms with E-state index in [2.05, 4.69) is 4.74 Å². The molecule has 0 aliphatic heterocycles. The molecule has 0 atom stereocenters. The van der Waals surface area contributed by atoms with Gasteiger partial charge in [-0.15, -0.1) is 0 Å². The zero-order valence-corrected chi connectivity index (χ0v) is 12.1. The quantitative estimate of drug-likeness (QED) is 0.588. The fourth-order valence-electron chi connectivity index (χ4n) is 1.93. The summed E-state index contributed by atoms with van der Waals surface area (Å²) in [5, 5.41) is 0.0388. The van der Waals surface area contributed by atoms with Gasteiger partial charge >= 0.3 is 12.8 Å². The molecule has 0 amide bonds. The van der Waals surface area contributed by atoms with E-state index in [4.69, 9.17) is 23.2 Å². The van der Waals surface area contributed by atoms with Gasteiger partial charge in [-0.05, 0) is 18.2 Å². The Hall–Kier alpha value is -1.53. The molecule has 0 saturated carbocycles. The van der Waals surface area contributed by atoms with Crippen LogP contribution in [0.2, 0.25) is 10.0 Å². The van der Waals surface area contributed by atoms with Crippen molar-refractivity contribution in [3.8, 4) is 16.9 Å². The van der Waals surface area contributed by atoms with Crippen molar-refractivity contribution in [2.75, 3.05) is 0 Å². The van der Waals surface area contributed by atoms with Crippen LogP contribution in [-0.4, -0.2) is 6.61 Å². The highest BCUT2D eigenvalue weighted by atomic mass is 35.5. The second-order valence-corrected chi connectivity index (χ2v) is 4.97. The highest BCUT2D eigenvalue weighted by Gasteiger charge is 2.36. The van der Waals surface area contributed by atoms with Gasteiger partial charge in [0.1, 0.15) is 5.75 Å². The average Bonchev–Trinajstić information content (AvgIpc) is 2.38. The van der Waals surface area contributed by atoms with Gasteiger partial charge in [-0.3, -0.25) is 0 Å². The number of ether oxygens (including phenoxy) is 1. The molecule has 0 heterocycles. The monoisotopic (exact) mass is 356 g/mol. The molecule has 0 radical (unpaired) electrons. The summed E-state index contributed by atoms with van der Waals surface area (Å²) in [6.07, 6.45) is -4.87. The largest absolute Gasteiger partial charge is 0.434 e. The molecule has 0 bridgehead atoms. The van der Waals surface area contributed by atoms with Crippen molar-refractivity contribution in [3.05, 3.63) is 52.0 Å². The Labute approximate surface area is 132 Å². The van der Waals surface area contributed by atoms with E-state index in [1.807, 2.05) is 0 Å². The fourth-order valence-corrected chi connectivity index (χ4v) is 2.53. The minimum Gasteiger partial charge on any atom is -0.434 e. The first-order chi connectivity index (χ1) is 10.2. The van der Waals surface area contributed by atoms with Crippen molar-refractivity contribution in [3.63, 3.8) is 0 Å². The van der Waals surface area contributed by atoms with E-state index < -0.39 is 24.1 Å². The molecule has 0 unspecified atom stereocenters. The summed E-state index contributed by atoms with van der Waals surface area (Å²) in [4.78, 5) is 0. The SMILES string of the molecule is FC(F)Oc1c(-c2c(Cl)cccc2Cl)cccc1C(F)(F)F. The Morgan fingerprint density at radius 1 is 0.909 bits per heavy atom. The lowest BCUT2D eigenvalue weighted by molar-refractivity contribution is -0.141. The van der Waals surface area contributed by atoms with Crippen LogP contribution in [0.15, 0.2) is 36.4 Å². The van der Waals surface area contributed by atoms with Crippen LogP contribution in [-0.2, 0) is 6.18 Å². The van der Waals surface area contributed by atoms with Crippen LogP contribution in [0.3, 0.4) is 0 Å². The normalized spacial score (nSPS) is 11.8. The van der Waals surface area contributed by atoms with Gasteiger partial charge in [0.2, 0.25) is 0 Å². The van der Waals surface area contributed by atoms with Gasteiger partial charge in [0, 0.05) is 11.1 Å². The lowest BCUT2D eigenvalue weighted by Gasteiger charge is -2.18. The molecule has 0 aliphatic rings. The van der Waals surface area contributed by atoms with E-state index in [0.29, 0.717) is 6.07 Å². The van der Waals surface area contributed by atoms with E-state index in [1.165, 1.54) is 24.3 Å². The van der Waals surface area contributed by atoms with Crippen molar-refractivity contribution in [1.82, 2.24) is 0 Å². The van der Waals surface area contributed by atoms with E-state index in [1.54, 1.807) is 0 Å². The number of hydrogen-bond acceptors (Lipinski definition) is 1. The molecule has 0 saturated heterocycles. The van der Waals surface area contributed by atoms with Crippen LogP contribution in [0, 0.1) is 0 Å². The molecule has 22 heavy (non-hydrogen) atoms. The van der Waals surface area contributed by atoms with E-state index >= 15 is 0 Å². The Balaban J connectivity index is 2.76. The van der Waals surface area contributed by atoms with Crippen molar-refractivity contribution in [2.45, 2.75) is 12.8 Å². The molecule has 0 aliphatic carbocycles. The minimum atomic E-state index is -4.87. The van der Waals surface area contributed by atoms with Gasteiger partial charge in [0.05, 0.1) is 15.6 Å². The third-order valence-electron chi connectivity index (χ3n) is 2.76. The number of alkyl halides is 5. The molecule has 1 nitrogen and oxygen atoms in total. The van der Waals surface area contributed by atoms with Crippen LogP contribution in [0.1, 0.15) is 5.56 Å². The predicted octanol–water partition coefficient (Wildman–Crippen LogP) is 6.28. The third-order valence-corrected chi connectivity index (χ3v) is 3.39. The van der Waals surface area contributed by atoms with Gasteiger partial charge in [-0.25, -0.2) is 0 Å². The second-order valence-electron chi connectivity index (χ2n) is 4.16. The zero-order valence-electron chi connectivity index (χ0n) is 10.6. The van der Waals surface area contributed by atoms with Crippen LogP contribution >= 0.6 is 23.2 Å². The molecule has 0 spiro atoms. The first kappa shape index (κ1) is 16.8. The Morgan fingerprint density at radius 3 is 1.95 bits per heavy atom. The lowest BCUT2D eigenvalue weighted by atomic mass is 10.0. The number of benzene rings is 2. The van der Waals surface area contributed by atoms with E-state index in [-0.39, 0.29) is 21.2 Å². The summed E-state index contributed by atoms with van der Waals surface area (Å²) in [6.45, 7) is -3.43. The second kappa shape index (κ2) is 6.30. The smallest absolute Gasteiger partial charge is 0.419 e. The summed E-state index contributed by atoms with van der Waals surface area (Å²) in [5.74, 6) is -1.01. The number of hydrogen-bond donors (Lipinski definition) is 0. The van der Waals surface area contributed by atoms with Gasteiger partial charge in [-0.1, -0.05) is 41.4 Å². The van der Waals surface area contributed by atoms with E-state index in [0.717, 1.165) is 6.07 Å². The zero-order chi connectivity index (χ0) is 16.5. The Bertz CT molecular complexity index is 665. The summed E-state index contributed by atoms with van der Waals surface area (Å²) >= 11 is 11.9. The summed E-state index contributed by atoms with van der Waals surface area (Å²) < 4.78 is 68.2. The maximum atomic E-state index is 13.0. The maximum Gasteiger partial charge on any atom is 0.419 e. The Kier molecular flexibility index (Phi) is 4.82. The molecule has 0 aromatic heterocycles. The van der Waals surface area contributed by atoms with Crippen molar-refractivity contribution < 1.29 is 26.7 Å². The highest BCUT2D eigenvalue weighted by molar-refractivity contribution is 6.39. The lowest BCUT2D eigenvalue weighted by Crippen LogP contribution is -2.12. The number of rotatable bonds is 3. The first-order valence-corrected chi connectivity index (χ1v) is 6.57. The van der Waals surface area contributed by atoms with Gasteiger partial charge in [0.15, 0.2) is 0 Å². The average molecular weight is 357 g/mol. The van der Waals surface area contributed by atoms with Gasteiger partial charge < -0.3 is 4.74 Å². The summed E-state index contributed by atoms with van der Waals surface area (Å²) in [7, 11) is 0. The number of para-hydroxylation sites is 1. The predicted molar refractivity (Wildman–Crippen MR) is 73.5 cm³/mol. The van der Waals surface area contributed by atoms with Crippen LogP contribution < -0.4 is 4.74 Å². The Morgan fingerprint density at radius 2 is 1.45 bits per heavy atom. The van der Waals surface area contributed by atoms with E-state index in [9.17, 15) is 22.0 Å². The minimum absolute atomic E-state index is 0.00687. The van der Waals surface area contributed by atoms with Crippen molar-refractivity contribution >= 4 is 23.2 Å². The molecular formula is C14H7Cl2F5O. The molecule has 8 heteroatoms. The highest BCUT2D eigenvalue weighted by Crippen LogP contribution is 2.46. The summed E-state index contributed by atoms with van der Waals surface area (Å²) in [6, 6.07) is 7.14. The first-order valence-electron chi connectivity index (χ1n) is 5.81. The van der Waals surface area contributed by atoms with Crippen molar-refractivity contribution in [2.24, 2.45) is 0 Å². The molecule has 2 aromatic rings. The molecule has 118 valence electrons. The third kappa shape index (κ3) is 3.44. The molecule has 2 aromatic carbocycles. The molecule has 0 fully saturated rings. The topological polar surface area (TPSA) is 9.23 Å². The standard InChI is InChI=1S/C14H7Cl2F5O/c15-9-5-2-6-10(16)11(9)7-3-1-4-8(14(19,20)21)12(7)22-13(17)18/h1-6,13H. The van der Waals surface area contributed by atoms with Crippen LogP contribution in [0.5, 0.6) is 5.75 Å². The van der Waals surface area contributed by atoms with Gasteiger partial charge in [0.25, 0.3) is 0 Å². The van der Waals surface area contributed by atoms with Crippen molar-refractivity contribution in [1.29, 1.82) is 0 Å². The maximum absolute atomic E-state index is 13.0. The van der Waals surface area contributed by atoms with Gasteiger partial charge in [-0.2, -0.15) is 22.0 Å². The summed E-state index contributed by atoms with van der Waals surface area (Å²) in [5.41, 5.74) is -1.60. The molecule has 0 N–H and O–H groups in total. The number of halogens is 7.